The summed E-state index contributed by atoms with van der Waals surface area (Å²) >= 11 is 0. The first-order chi connectivity index (χ1) is 13.3. The molecule has 1 radical (unpaired) electrons. The van der Waals surface area contributed by atoms with Crippen molar-refractivity contribution in [1.82, 2.24) is 0 Å². The average molecular weight is 371 g/mol. The van der Waals surface area contributed by atoms with Gasteiger partial charge in [0, 0.05) is 10.8 Å². The van der Waals surface area contributed by atoms with Crippen LogP contribution in [-0.4, -0.2) is 23.8 Å². The zero-order valence-electron chi connectivity index (χ0n) is 16.7. The first-order valence-corrected chi connectivity index (χ1v) is 9.51. The van der Waals surface area contributed by atoms with Gasteiger partial charge >= 0.3 is 7.48 Å². The molecule has 1 N–H and O–H groups in total. The van der Waals surface area contributed by atoms with Gasteiger partial charge in [0.25, 0.3) is 0 Å². The quantitative estimate of drug-likeness (QED) is 0.499. The highest BCUT2D eigenvalue weighted by molar-refractivity contribution is 6.51. The number of fused-ring (bicyclic) bond motifs is 3. The normalized spacial score (nSPS) is 12.6. The highest BCUT2D eigenvalue weighted by atomic mass is 16.5. The van der Waals surface area contributed by atoms with Crippen LogP contribution in [0.4, 0.5) is 0 Å². The van der Waals surface area contributed by atoms with Crippen LogP contribution in [0.2, 0.25) is 0 Å². The van der Waals surface area contributed by atoms with Crippen LogP contribution in [0.25, 0.3) is 33.1 Å². The van der Waals surface area contributed by atoms with Gasteiger partial charge in [-0.2, -0.15) is 0 Å². The lowest BCUT2D eigenvalue weighted by Gasteiger charge is -2.37. The van der Waals surface area contributed by atoms with E-state index >= 15 is 0 Å². The van der Waals surface area contributed by atoms with Gasteiger partial charge in [-0.1, -0.05) is 60.7 Å². The number of aliphatic hydroxyl groups is 1. The minimum atomic E-state index is -0.980. The molecule has 3 aromatic carbocycles. The van der Waals surface area contributed by atoms with Crippen molar-refractivity contribution in [2.45, 2.75) is 38.9 Å². The molecule has 4 aromatic rings. The van der Waals surface area contributed by atoms with E-state index in [1.54, 1.807) is 21.3 Å². The Bertz CT molecular complexity index is 1120. The van der Waals surface area contributed by atoms with Crippen molar-refractivity contribution < 1.29 is 14.2 Å². The lowest BCUT2D eigenvalue weighted by molar-refractivity contribution is -0.0893. The second kappa shape index (κ2) is 6.80. The molecule has 28 heavy (non-hydrogen) atoms. The van der Waals surface area contributed by atoms with Crippen LogP contribution in [0.5, 0.6) is 0 Å². The Hall–Kier alpha value is -2.56. The maximum Gasteiger partial charge on any atom is 0.334 e. The molecule has 3 nitrogen and oxygen atoms in total. The Balaban J connectivity index is 1.82. The van der Waals surface area contributed by atoms with Gasteiger partial charge in [0.1, 0.15) is 11.2 Å². The van der Waals surface area contributed by atoms with Crippen molar-refractivity contribution in [3.63, 3.8) is 0 Å². The Morgan fingerprint density at radius 2 is 1.57 bits per heavy atom. The van der Waals surface area contributed by atoms with Gasteiger partial charge in [0.05, 0.1) is 11.2 Å². The maximum atomic E-state index is 10.3. The third-order valence-corrected chi connectivity index (χ3v) is 5.59. The standard InChI is InChI=1S/C24H24BO3/c1-23(2,26)24(3,4)28-25-19-14-8-13-18-21-17(16-10-6-5-7-11-16)12-9-15-20(21)27-22(18)19/h5-15,26H,1-4H3. The molecule has 141 valence electrons. The van der Waals surface area contributed by atoms with Crippen LogP contribution in [0.1, 0.15) is 27.7 Å². The summed E-state index contributed by atoms with van der Waals surface area (Å²) in [5.74, 6) is 0. The summed E-state index contributed by atoms with van der Waals surface area (Å²) in [7, 11) is 1.69. The Morgan fingerprint density at radius 3 is 2.29 bits per heavy atom. The molecular formula is C24H24BO3. The minimum Gasteiger partial charge on any atom is -0.457 e. The smallest absolute Gasteiger partial charge is 0.334 e. The zero-order valence-corrected chi connectivity index (χ0v) is 16.7. The summed E-state index contributed by atoms with van der Waals surface area (Å²) in [4.78, 5) is 0. The van der Waals surface area contributed by atoms with Gasteiger partial charge in [-0.25, -0.2) is 0 Å². The molecule has 4 heteroatoms. The summed E-state index contributed by atoms with van der Waals surface area (Å²) in [6, 6.07) is 22.5. The Kier molecular flexibility index (Phi) is 4.57. The van der Waals surface area contributed by atoms with Gasteiger partial charge < -0.3 is 14.2 Å². The molecule has 0 aliphatic rings. The molecule has 0 bridgehead atoms. The highest BCUT2D eigenvalue weighted by Gasteiger charge is 2.36. The van der Waals surface area contributed by atoms with Crippen molar-refractivity contribution in [2.75, 3.05) is 0 Å². The maximum absolute atomic E-state index is 10.3. The molecule has 0 spiro atoms. The van der Waals surface area contributed by atoms with Gasteiger partial charge in [-0.3, -0.25) is 0 Å². The van der Waals surface area contributed by atoms with E-state index in [-0.39, 0.29) is 0 Å². The van der Waals surface area contributed by atoms with Crippen LogP contribution < -0.4 is 5.46 Å². The number of rotatable bonds is 5. The van der Waals surface area contributed by atoms with Gasteiger partial charge in [0.2, 0.25) is 0 Å². The van der Waals surface area contributed by atoms with Crippen molar-refractivity contribution in [3.8, 4) is 11.1 Å². The Labute approximate surface area is 166 Å². The first-order valence-electron chi connectivity index (χ1n) is 9.51. The summed E-state index contributed by atoms with van der Waals surface area (Å²) in [6.07, 6.45) is 0. The molecule has 0 atom stereocenters. The fourth-order valence-corrected chi connectivity index (χ4v) is 3.18. The molecule has 1 aromatic heterocycles. The molecule has 0 saturated carbocycles. The summed E-state index contributed by atoms with van der Waals surface area (Å²) in [5, 5.41) is 12.5. The molecule has 0 fully saturated rings. The number of para-hydroxylation sites is 1. The van der Waals surface area contributed by atoms with Crippen molar-refractivity contribution in [3.05, 3.63) is 66.7 Å². The van der Waals surface area contributed by atoms with E-state index in [0.29, 0.717) is 0 Å². The molecular weight excluding hydrogens is 347 g/mol. The second-order valence-corrected chi connectivity index (χ2v) is 8.18. The average Bonchev–Trinajstić information content (AvgIpc) is 3.05. The fourth-order valence-electron chi connectivity index (χ4n) is 3.18. The largest absolute Gasteiger partial charge is 0.457 e. The monoisotopic (exact) mass is 371 g/mol. The van der Waals surface area contributed by atoms with Gasteiger partial charge in [-0.15, -0.1) is 0 Å². The van der Waals surface area contributed by atoms with Crippen LogP contribution in [0.15, 0.2) is 71.1 Å². The number of furan rings is 1. The zero-order chi connectivity index (χ0) is 19.9. The SMILES string of the molecule is CC(C)(O)C(C)(C)O[B]c1cccc2c1oc1cccc(-c3ccccc3)c12. The van der Waals surface area contributed by atoms with Crippen LogP contribution in [0.3, 0.4) is 0 Å². The Morgan fingerprint density at radius 1 is 0.857 bits per heavy atom. The molecule has 0 unspecified atom stereocenters. The minimum absolute atomic E-state index is 0.740. The lowest BCUT2D eigenvalue weighted by Crippen LogP contribution is -2.49. The number of benzene rings is 3. The van der Waals surface area contributed by atoms with E-state index in [0.717, 1.165) is 38.5 Å². The van der Waals surface area contributed by atoms with Crippen molar-refractivity contribution in [1.29, 1.82) is 0 Å². The van der Waals surface area contributed by atoms with E-state index in [4.69, 9.17) is 9.07 Å². The summed E-state index contributed by atoms with van der Waals surface area (Å²) in [5.41, 5.74) is 3.06. The molecule has 1 heterocycles. The highest BCUT2D eigenvalue weighted by Crippen LogP contribution is 2.36. The molecule has 4 rings (SSSR count). The molecule has 0 amide bonds. The molecule has 0 aliphatic carbocycles. The van der Waals surface area contributed by atoms with Crippen molar-refractivity contribution in [2.24, 2.45) is 0 Å². The summed E-state index contributed by atoms with van der Waals surface area (Å²) in [6.45, 7) is 7.23. The van der Waals surface area contributed by atoms with Crippen LogP contribution in [0, 0.1) is 0 Å². The van der Waals surface area contributed by atoms with E-state index < -0.39 is 11.2 Å². The van der Waals surface area contributed by atoms with E-state index in [1.807, 2.05) is 56.3 Å². The predicted octanol–water partition coefficient (Wildman–Crippen LogP) is 5.06. The number of hydrogen-bond donors (Lipinski definition) is 1. The molecule has 0 aliphatic heterocycles. The third kappa shape index (κ3) is 3.23. The molecule has 0 saturated heterocycles. The number of hydrogen-bond acceptors (Lipinski definition) is 3. The lowest BCUT2D eigenvalue weighted by atomic mass is 9.82. The van der Waals surface area contributed by atoms with Crippen molar-refractivity contribution >= 4 is 34.9 Å². The first kappa shape index (κ1) is 18.8. The van der Waals surface area contributed by atoms with Gasteiger partial charge in [0.15, 0.2) is 0 Å². The second-order valence-electron chi connectivity index (χ2n) is 8.18. The van der Waals surface area contributed by atoms with Crippen LogP contribution in [-0.2, 0) is 4.65 Å². The van der Waals surface area contributed by atoms with E-state index in [9.17, 15) is 5.11 Å². The predicted molar refractivity (Wildman–Crippen MR) is 116 cm³/mol. The van der Waals surface area contributed by atoms with E-state index in [2.05, 4.69) is 24.3 Å². The van der Waals surface area contributed by atoms with Crippen LogP contribution >= 0.6 is 0 Å². The van der Waals surface area contributed by atoms with E-state index in [1.165, 1.54) is 0 Å². The third-order valence-electron chi connectivity index (χ3n) is 5.59. The van der Waals surface area contributed by atoms with Gasteiger partial charge in [-0.05, 0) is 50.4 Å². The topological polar surface area (TPSA) is 42.6 Å². The fraction of sp³-hybridized carbons (Fsp3) is 0.250. The summed E-state index contributed by atoms with van der Waals surface area (Å²) < 4.78 is 12.2.